The normalized spacial score (nSPS) is 11.3. The SMILES string of the molecule is COCCN(CC(F)F)C(=O)/C=C/c1ccc(-c2ccccc2)s1. The third-order valence-electron chi connectivity index (χ3n) is 3.31. The number of halogens is 2. The fourth-order valence-electron chi connectivity index (χ4n) is 2.12. The summed E-state index contributed by atoms with van der Waals surface area (Å²) in [5, 5.41) is 0. The highest BCUT2D eigenvalue weighted by Gasteiger charge is 2.15. The summed E-state index contributed by atoms with van der Waals surface area (Å²) in [7, 11) is 1.47. The molecule has 0 aliphatic rings. The molecule has 6 heteroatoms. The van der Waals surface area contributed by atoms with Crippen LogP contribution in [0.2, 0.25) is 0 Å². The van der Waals surface area contributed by atoms with E-state index in [0.29, 0.717) is 0 Å². The molecule has 2 rings (SSSR count). The van der Waals surface area contributed by atoms with E-state index < -0.39 is 18.9 Å². The summed E-state index contributed by atoms with van der Waals surface area (Å²) in [5.74, 6) is -0.443. The molecule has 3 nitrogen and oxygen atoms in total. The van der Waals surface area contributed by atoms with Gasteiger partial charge in [0.25, 0.3) is 6.43 Å². The predicted octanol–water partition coefficient (Wildman–Crippen LogP) is 4.17. The van der Waals surface area contributed by atoms with Gasteiger partial charge in [0.05, 0.1) is 13.2 Å². The molecule has 1 aromatic carbocycles. The molecule has 0 saturated carbocycles. The average molecular weight is 351 g/mol. The van der Waals surface area contributed by atoms with Crippen molar-refractivity contribution in [2.75, 3.05) is 26.8 Å². The van der Waals surface area contributed by atoms with Crippen LogP contribution in [0.15, 0.2) is 48.5 Å². The summed E-state index contributed by atoms with van der Waals surface area (Å²) in [6.45, 7) is -0.223. The molecule has 1 aromatic heterocycles. The van der Waals surface area contributed by atoms with Crippen LogP contribution in [0.25, 0.3) is 16.5 Å². The molecule has 128 valence electrons. The highest BCUT2D eigenvalue weighted by molar-refractivity contribution is 7.16. The number of rotatable bonds is 8. The minimum absolute atomic E-state index is 0.143. The van der Waals surface area contributed by atoms with Crippen molar-refractivity contribution in [3.63, 3.8) is 0 Å². The molecule has 2 aromatic rings. The summed E-state index contributed by atoms with van der Waals surface area (Å²) in [6.07, 6.45) is 0.425. The van der Waals surface area contributed by atoms with Crippen molar-refractivity contribution in [1.82, 2.24) is 4.90 Å². The van der Waals surface area contributed by atoms with Gasteiger partial charge < -0.3 is 9.64 Å². The third kappa shape index (κ3) is 5.54. The van der Waals surface area contributed by atoms with Crippen molar-refractivity contribution in [3.8, 4) is 10.4 Å². The van der Waals surface area contributed by atoms with E-state index in [2.05, 4.69) is 0 Å². The highest BCUT2D eigenvalue weighted by Crippen LogP contribution is 2.28. The molecule has 24 heavy (non-hydrogen) atoms. The fraction of sp³-hybridized carbons (Fsp3) is 0.278. The molecule has 0 aliphatic heterocycles. The van der Waals surface area contributed by atoms with E-state index in [9.17, 15) is 13.6 Å². The smallest absolute Gasteiger partial charge is 0.255 e. The predicted molar refractivity (Wildman–Crippen MR) is 93.2 cm³/mol. The van der Waals surface area contributed by atoms with Crippen molar-refractivity contribution in [1.29, 1.82) is 0 Å². The van der Waals surface area contributed by atoms with Crippen molar-refractivity contribution in [2.24, 2.45) is 0 Å². The maximum Gasteiger partial charge on any atom is 0.255 e. The molecule has 0 bridgehead atoms. The van der Waals surface area contributed by atoms with Gasteiger partial charge in [-0.15, -0.1) is 11.3 Å². The Hall–Kier alpha value is -2.05. The van der Waals surface area contributed by atoms with Crippen LogP contribution in [0.1, 0.15) is 4.88 Å². The molecule has 0 spiro atoms. The lowest BCUT2D eigenvalue weighted by molar-refractivity contribution is -0.128. The van der Waals surface area contributed by atoms with E-state index in [1.807, 2.05) is 42.5 Å². The number of alkyl halides is 2. The Balaban J connectivity index is 2.03. The summed E-state index contributed by atoms with van der Waals surface area (Å²) >= 11 is 1.54. The molecular weight excluding hydrogens is 332 g/mol. The maximum absolute atomic E-state index is 12.6. The van der Waals surface area contributed by atoms with Gasteiger partial charge in [-0.25, -0.2) is 8.78 Å². The molecule has 1 amide bonds. The van der Waals surface area contributed by atoms with E-state index in [4.69, 9.17) is 4.74 Å². The Morgan fingerprint density at radius 1 is 1.25 bits per heavy atom. The molecule has 0 fully saturated rings. The highest BCUT2D eigenvalue weighted by atomic mass is 32.1. The molecule has 0 radical (unpaired) electrons. The van der Waals surface area contributed by atoms with Gasteiger partial charge >= 0.3 is 0 Å². The van der Waals surface area contributed by atoms with E-state index in [1.54, 1.807) is 17.4 Å². The summed E-state index contributed by atoms with van der Waals surface area (Å²) in [5.41, 5.74) is 1.10. The van der Waals surface area contributed by atoms with Gasteiger partial charge in [0.1, 0.15) is 0 Å². The number of hydrogen-bond donors (Lipinski definition) is 0. The number of methoxy groups -OCH3 is 1. The Morgan fingerprint density at radius 2 is 2.00 bits per heavy atom. The van der Waals surface area contributed by atoms with Crippen molar-refractivity contribution in [2.45, 2.75) is 6.43 Å². The van der Waals surface area contributed by atoms with Crippen molar-refractivity contribution in [3.05, 3.63) is 53.4 Å². The zero-order valence-electron chi connectivity index (χ0n) is 13.3. The van der Waals surface area contributed by atoms with E-state index in [1.165, 1.54) is 13.2 Å². The van der Waals surface area contributed by atoms with Gasteiger partial charge in [-0.2, -0.15) is 0 Å². The number of thiophene rings is 1. The number of amides is 1. The fourth-order valence-corrected chi connectivity index (χ4v) is 3.03. The first kappa shape index (κ1) is 18.3. The van der Waals surface area contributed by atoms with Gasteiger partial charge in [0.15, 0.2) is 0 Å². The number of carbonyl (C=O) groups excluding carboxylic acids is 1. The average Bonchev–Trinajstić information content (AvgIpc) is 3.06. The quantitative estimate of drug-likeness (QED) is 0.668. The number of ether oxygens (including phenoxy) is 1. The lowest BCUT2D eigenvalue weighted by Gasteiger charge is -2.20. The molecule has 0 N–H and O–H groups in total. The van der Waals surface area contributed by atoms with Crippen LogP contribution >= 0.6 is 11.3 Å². The first-order valence-corrected chi connectivity index (χ1v) is 8.31. The summed E-state index contributed by atoms with van der Waals surface area (Å²) in [4.78, 5) is 15.2. The number of benzene rings is 1. The van der Waals surface area contributed by atoms with Crippen LogP contribution in [0.4, 0.5) is 8.78 Å². The number of hydrogen-bond acceptors (Lipinski definition) is 3. The van der Waals surface area contributed by atoms with E-state index in [-0.39, 0.29) is 13.2 Å². The molecule has 0 saturated heterocycles. The van der Waals surface area contributed by atoms with Crippen molar-refractivity contribution >= 4 is 23.3 Å². The molecule has 0 aliphatic carbocycles. The lowest BCUT2D eigenvalue weighted by atomic mass is 10.2. The minimum atomic E-state index is -2.56. The van der Waals surface area contributed by atoms with Crippen LogP contribution in [-0.2, 0) is 9.53 Å². The van der Waals surface area contributed by atoms with Gasteiger partial charge in [-0.05, 0) is 23.8 Å². The number of nitrogens with zero attached hydrogens (tertiary/aromatic N) is 1. The maximum atomic E-state index is 12.6. The number of carbonyl (C=O) groups is 1. The van der Waals surface area contributed by atoms with Gasteiger partial charge in [0, 0.05) is 29.5 Å². The zero-order valence-corrected chi connectivity index (χ0v) is 14.1. The second-order valence-electron chi connectivity index (χ2n) is 5.07. The topological polar surface area (TPSA) is 29.5 Å². The molecular formula is C18H19F2NO2S. The Bertz CT molecular complexity index is 671. The molecule has 0 unspecified atom stereocenters. The monoisotopic (exact) mass is 351 g/mol. The first-order chi connectivity index (χ1) is 11.6. The standard InChI is InChI=1S/C18H19F2NO2S/c1-23-12-11-21(13-17(19)20)18(22)10-8-15-7-9-16(24-15)14-5-3-2-4-6-14/h2-10,17H,11-13H2,1H3/b10-8+. The molecule has 0 atom stereocenters. The third-order valence-corrected chi connectivity index (χ3v) is 4.41. The zero-order chi connectivity index (χ0) is 17.4. The minimum Gasteiger partial charge on any atom is -0.383 e. The summed E-state index contributed by atoms with van der Waals surface area (Å²) < 4.78 is 30.0. The van der Waals surface area contributed by atoms with Crippen LogP contribution in [0.5, 0.6) is 0 Å². The second-order valence-corrected chi connectivity index (χ2v) is 6.18. The Labute approximate surface area is 144 Å². The Kier molecular flexibility index (Phi) is 7.08. The van der Waals surface area contributed by atoms with Gasteiger partial charge in [-0.1, -0.05) is 30.3 Å². The van der Waals surface area contributed by atoms with Crippen LogP contribution < -0.4 is 0 Å². The van der Waals surface area contributed by atoms with Gasteiger partial charge in [-0.3, -0.25) is 4.79 Å². The van der Waals surface area contributed by atoms with Crippen LogP contribution in [-0.4, -0.2) is 44.0 Å². The van der Waals surface area contributed by atoms with E-state index >= 15 is 0 Å². The first-order valence-electron chi connectivity index (χ1n) is 7.49. The van der Waals surface area contributed by atoms with Crippen LogP contribution in [0, 0.1) is 0 Å². The van der Waals surface area contributed by atoms with Crippen molar-refractivity contribution < 1.29 is 18.3 Å². The Morgan fingerprint density at radius 3 is 2.67 bits per heavy atom. The second kappa shape index (κ2) is 9.30. The van der Waals surface area contributed by atoms with Gasteiger partial charge in [0.2, 0.25) is 5.91 Å². The van der Waals surface area contributed by atoms with Crippen LogP contribution in [0.3, 0.4) is 0 Å². The summed E-state index contributed by atoms with van der Waals surface area (Å²) in [6, 6.07) is 13.8. The van der Waals surface area contributed by atoms with E-state index in [0.717, 1.165) is 20.2 Å². The largest absolute Gasteiger partial charge is 0.383 e. The molecule has 1 heterocycles. The lowest BCUT2D eigenvalue weighted by Crippen LogP contribution is -2.36.